The molecule has 0 aromatic rings. The van der Waals surface area contributed by atoms with Gasteiger partial charge in [-0.1, -0.05) is 384 Å². The van der Waals surface area contributed by atoms with Crippen LogP contribution in [0, 0.1) is 0 Å². The lowest BCUT2D eigenvalue weighted by molar-refractivity contribution is -0.143. The Kier molecular flexibility index (Phi) is 74.8. The first-order chi connectivity index (χ1) is 43.0. The molecule has 87 heavy (non-hydrogen) atoms. The topological polar surface area (TPSA) is 95.9 Å². The van der Waals surface area contributed by atoms with Gasteiger partial charge in [0.05, 0.1) is 25.4 Å². The highest BCUT2D eigenvalue weighted by Crippen LogP contribution is 2.20. The first-order valence-electron chi connectivity index (χ1n) is 39.7. The van der Waals surface area contributed by atoms with Gasteiger partial charge in [0.15, 0.2) is 0 Å². The van der Waals surface area contributed by atoms with E-state index < -0.39 is 12.1 Å². The van der Waals surface area contributed by atoms with Gasteiger partial charge >= 0.3 is 5.97 Å². The van der Waals surface area contributed by atoms with Gasteiger partial charge in [0.1, 0.15) is 0 Å². The molecule has 2 atom stereocenters. The summed E-state index contributed by atoms with van der Waals surface area (Å²) in [7, 11) is 0. The maximum atomic E-state index is 12.6. The fourth-order valence-electron chi connectivity index (χ4n) is 12.6. The second-order valence-corrected chi connectivity index (χ2v) is 27.4. The van der Waals surface area contributed by atoms with E-state index in [2.05, 4.69) is 55.6 Å². The van der Waals surface area contributed by atoms with Crippen molar-refractivity contribution in [1.82, 2.24) is 5.32 Å². The van der Waals surface area contributed by atoms with Gasteiger partial charge in [0.2, 0.25) is 5.91 Å². The molecular weight excluding hydrogens is 1070 g/mol. The molecule has 0 saturated carbocycles. The molecule has 0 aromatic carbocycles. The van der Waals surface area contributed by atoms with Crippen LogP contribution in [0.2, 0.25) is 0 Å². The van der Waals surface area contributed by atoms with Crippen molar-refractivity contribution < 1.29 is 24.5 Å². The van der Waals surface area contributed by atoms with Crippen LogP contribution in [0.15, 0.2) is 36.5 Å². The van der Waals surface area contributed by atoms with Gasteiger partial charge in [-0.2, -0.15) is 0 Å². The van der Waals surface area contributed by atoms with E-state index in [4.69, 9.17) is 4.74 Å². The number of hydrogen-bond donors (Lipinski definition) is 3. The highest BCUT2D eigenvalue weighted by atomic mass is 16.5. The molecular formula is C81H155NO5. The second kappa shape index (κ2) is 76.5. The van der Waals surface area contributed by atoms with E-state index in [1.165, 1.54) is 360 Å². The predicted octanol–water partition coefficient (Wildman–Crippen LogP) is 26.2. The zero-order valence-electron chi connectivity index (χ0n) is 59.0. The van der Waals surface area contributed by atoms with E-state index in [1.807, 2.05) is 0 Å². The molecule has 0 saturated heterocycles. The summed E-state index contributed by atoms with van der Waals surface area (Å²) >= 11 is 0. The molecule has 0 rings (SSSR count). The number of unbranched alkanes of at least 4 members (excludes halogenated alkanes) is 58. The van der Waals surface area contributed by atoms with Crippen molar-refractivity contribution in [3.8, 4) is 0 Å². The van der Waals surface area contributed by atoms with Crippen LogP contribution in [-0.2, 0) is 14.3 Å². The van der Waals surface area contributed by atoms with Crippen LogP contribution in [0.1, 0.15) is 444 Å². The molecule has 0 heterocycles. The Morgan fingerprint density at radius 3 is 0.885 bits per heavy atom. The van der Waals surface area contributed by atoms with Crippen LogP contribution in [0.3, 0.4) is 0 Å². The maximum absolute atomic E-state index is 12.6. The van der Waals surface area contributed by atoms with Gasteiger partial charge in [-0.15, -0.1) is 0 Å². The third-order valence-corrected chi connectivity index (χ3v) is 18.7. The maximum Gasteiger partial charge on any atom is 0.305 e. The molecule has 514 valence electrons. The molecule has 0 aromatic heterocycles. The Morgan fingerprint density at radius 2 is 0.575 bits per heavy atom. The summed E-state index contributed by atoms with van der Waals surface area (Å²) in [6, 6.07) is -0.540. The summed E-state index contributed by atoms with van der Waals surface area (Å²) in [5.41, 5.74) is 0. The van der Waals surface area contributed by atoms with Crippen molar-refractivity contribution in [3.63, 3.8) is 0 Å². The smallest absolute Gasteiger partial charge is 0.305 e. The molecule has 6 heteroatoms. The van der Waals surface area contributed by atoms with Crippen LogP contribution < -0.4 is 5.32 Å². The molecule has 0 radical (unpaired) electrons. The third kappa shape index (κ3) is 73.0. The quantitative estimate of drug-likeness (QED) is 0.0320. The van der Waals surface area contributed by atoms with Gasteiger partial charge in [-0.05, 0) is 83.5 Å². The number of aliphatic hydroxyl groups is 2. The zero-order chi connectivity index (χ0) is 62.8. The molecule has 0 aliphatic rings. The Hall–Kier alpha value is -1.92. The van der Waals surface area contributed by atoms with E-state index in [1.54, 1.807) is 0 Å². The summed E-state index contributed by atoms with van der Waals surface area (Å²) in [6.07, 6.45) is 99.5. The van der Waals surface area contributed by atoms with Crippen molar-refractivity contribution >= 4 is 11.9 Å². The summed E-state index contributed by atoms with van der Waals surface area (Å²) in [4.78, 5) is 24.6. The number of allylic oxidation sites excluding steroid dienone is 6. The molecule has 6 nitrogen and oxygen atoms in total. The number of ether oxygens (including phenoxy) is 1. The summed E-state index contributed by atoms with van der Waals surface area (Å²) in [5.74, 6) is -0.0169. The van der Waals surface area contributed by atoms with Gasteiger partial charge in [0, 0.05) is 12.8 Å². The highest BCUT2D eigenvalue weighted by Gasteiger charge is 2.20. The van der Waals surface area contributed by atoms with Crippen molar-refractivity contribution in [2.45, 2.75) is 456 Å². The van der Waals surface area contributed by atoms with Gasteiger partial charge < -0.3 is 20.3 Å². The highest BCUT2D eigenvalue weighted by molar-refractivity contribution is 5.76. The third-order valence-electron chi connectivity index (χ3n) is 18.7. The Bertz CT molecular complexity index is 1410. The lowest BCUT2D eigenvalue weighted by atomic mass is 10.0. The van der Waals surface area contributed by atoms with Crippen LogP contribution in [0.25, 0.3) is 0 Å². The van der Waals surface area contributed by atoms with Crippen molar-refractivity contribution in [3.05, 3.63) is 36.5 Å². The van der Waals surface area contributed by atoms with Crippen LogP contribution in [0.5, 0.6) is 0 Å². The summed E-state index contributed by atoms with van der Waals surface area (Å²) in [6.45, 7) is 4.98. The molecule has 1 amide bonds. The molecule has 0 spiro atoms. The van der Waals surface area contributed by atoms with Crippen molar-refractivity contribution in [2.75, 3.05) is 13.2 Å². The second-order valence-electron chi connectivity index (χ2n) is 27.4. The van der Waals surface area contributed by atoms with Crippen LogP contribution in [0.4, 0.5) is 0 Å². The molecule has 0 aliphatic carbocycles. The molecule has 0 fully saturated rings. The fourth-order valence-corrected chi connectivity index (χ4v) is 12.6. The van der Waals surface area contributed by atoms with Crippen LogP contribution in [-0.4, -0.2) is 47.4 Å². The number of hydrogen-bond acceptors (Lipinski definition) is 5. The largest absolute Gasteiger partial charge is 0.466 e. The summed E-state index contributed by atoms with van der Waals surface area (Å²) < 4.78 is 5.49. The SMILES string of the molecule is CCCCCCC/C=C\CCCCCCCC(=O)OCCCCCCCCCCCCCCC/C=C\C/C=C\CCCCCCCCCCCCCCCCCCCC(=O)NC(CO)C(O)CCCCCCCCCCCCCCCCCCCCC. The van der Waals surface area contributed by atoms with E-state index in [-0.39, 0.29) is 18.5 Å². The number of esters is 1. The van der Waals surface area contributed by atoms with Gasteiger partial charge in [-0.25, -0.2) is 0 Å². The minimum absolute atomic E-state index is 0.0108. The van der Waals surface area contributed by atoms with E-state index in [0.717, 1.165) is 51.4 Å². The van der Waals surface area contributed by atoms with E-state index >= 15 is 0 Å². The first-order valence-corrected chi connectivity index (χ1v) is 39.7. The minimum Gasteiger partial charge on any atom is -0.466 e. The lowest BCUT2D eigenvalue weighted by Gasteiger charge is -2.22. The van der Waals surface area contributed by atoms with Gasteiger partial charge in [-0.3, -0.25) is 9.59 Å². The normalized spacial score (nSPS) is 12.6. The number of amides is 1. The number of carbonyl (C=O) groups excluding carboxylic acids is 2. The Balaban J connectivity index is 3.36. The van der Waals surface area contributed by atoms with Gasteiger partial charge in [0.25, 0.3) is 0 Å². The predicted molar refractivity (Wildman–Crippen MR) is 384 cm³/mol. The Morgan fingerprint density at radius 1 is 0.322 bits per heavy atom. The van der Waals surface area contributed by atoms with Crippen molar-refractivity contribution in [1.29, 1.82) is 0 Å². The minimum atomic E-state index is -0.663. The monoisotopic (exact) mass is 1220 g/mol. The fraction of sp³-hybridized carbons (Fsp3) is 0.901. The number of aliphatic hydroxyl groups excluding tert-OH is 2. The average Bonchev–Trinajstić information content (AvgIpc) is 3.54. The van der Waals surface area contributed by atoms with E-state index in [9.17, 15) is 19.8 Å². The lowest BCUT2D eigenvalue weighted by Crippen LogP contribution is -2.45. The summed E-state index contributed by atoms with van der Waals surface area (Å²) in [5, 5.41) is 23.4. The van der Waals surface area contributed by atoms with Crippen LogP contribution >= 0.6 is 0 Å². The number of nitrogens with one attached hydrogen (secondary N) is 1. The van der Waals surface area contributed by atoms with Crippen molar-refractivity contribution in [2.24, 2.45) is 0 Å². The van der Waals surface area contributed by atoms with E-state index in [0.29, 0.717) is 25.9 Å². The standard InChI is InChI=1S/C81H155NO5/c1-3-5-7-9-11-13-15-17-19-20-40-43-46-49-53-57-61-65-69-73-79(84)78(77-83)82-80(85)74-70-66-62-58-54-50-47-44-41-38-36-34-32-30-28-26-24-22-21-23-25-27-29-31-33-35-37-39-42-45-48-52-56-60-64-68-72-76-87-81(86)75-71-67-63-59-55-51-18-16-14-12-10-8-6-4-2/h16,18,21,23,27,29,78-79,83-84H,3-15,17,19-20,22,24-26,28,30-77H2,1-2H3,(H,82,85)/b18-16-,23-21-,29-27-. The Labute approximate surface area is 544 Å². The molecule has 3 N–H and O–H groups in total. The first kappa shape index (κ1) is 85.1. The molecule has 0 bridgehead atoms. The zero-order valence-corrected chi connectivity index (χ0v) is 59.0. The molecule has 0 aliphatic heterocycles. The number of carbonyl (C=O) groups is 2. The number of rotatable bonds is 75. The molecule has 2 unspecified atom stereocenters. The average molecular weight is 1220 g/mol.